The lowest BCUT2D eigenvalue weighted by atomic mass is 9.77. The number of hydrogen-bond acceptors (Lipinski definition) is 4. The molecule has 7 heteroatoms. The molecule has 1 N–H and O–H groups in total. The number of anilines is 1. The maximum atomic E-state index is 13.0. The summed E-state index contributed by atoms with van der Waals surface area (Å²) in [5.74, 6) is 2.39. The second kappa shape index (κ2) is 11.8. The second-order valence-electron chi connectivity index (χ2n) is 9.61. The van der Waals surface area contributed by atoms with Crippen molar-refractivity contribution in [1.82, 2.24) is 20.0 Å². The van der Waals surface area contributed by atoms with Crippen molar-refractivity contribution in [2.45, 2.75) is 89.9 Å². The molecule has 2 atom stereocenters. The molecule has 2 fully saturated rings. The van der Waals surface area contributed by atoms with Crippen molar-refractivity contribution in [1.29, 1.82) is 0 Å². The highest BCUT2D eigenvalue weighted by atomic mass is 35.5. The maximum absolute atomic E-state index is 13.0. The molecule has 32 heavy (non-hydrogen) atoms. The Bertz CT molecular complexity index is 848. The van der Waals surface area contributed by atoms with E-state index in [1.54, 1.807) is 24.7 Å². The third kappa shape index (κ3) is 6.31. The fourth-order valence-electron chi connectivity index (χ4n) is 5.62. The number of hydrogen-bond donors (Lipinski definition) is 1. The molecule has 2 saturated carbocycles. The number of amides is 1. The summed E-state index contributed by atoms with van der Waals surface area (Å²) in [4.78, 5) is 18.7. The zero-order chi connectivity index (χ0) is 22.2. The zero-order valence-corrected chi connectivity index (χ0v) is 19.8. The molecule has 6 nitrogen and oxygen atoms in total. The van der Waals surface area contributed by atoms with Crippen molar-refractivity contribution in [3.05, 3.63) is 29.7 Å². The van der Waals surface area contributed by atoms with Gasteiger partial charge in [0.25, 0.3) is 0 Å². The average molecular weight is 458 g/mol. The van der Waals surface area contributed by atoms with E-state index in [4.69, 9.17) is 11.6 Å². The lowest BCUT2D eigenvalue weighted by Gasteiger charge is -2.28. The van der Waals surface area contributed by atoms with Crippen LogP contribution in [0.3, 0.4) is 0 Å². The molecule has 0 radical (unpaired) electrons. The number of pyridine rings is 1. The van der Waals surface area contributed by atoms with Crippen LogP contribution >= 0.6 is 11.6 Å². The summed E-state index contributed by atoms with van der Waals surface area (Å²) >= 11 is 6.36. The Kier molecular flexibility index (Phi) is 8.55. The number of carbonyl (C=O) groups is 1. The summed E-state index contributed by atoms with van der Waals surface area (Å²) in [5, 5.41) is 11.6. The van der Waals surface area contributed by atoms with Gasteiger partial charge in [-0.05, 0) is 30.7 Å². The van der Waals surface area contributed by atoms with Gasteiger partial charge in [-0.2, -0.15) is 10.2 Å². The first-order chi connectivity index (χ1) is 15.7. The summed E-state index contributed by atoms with van der Waals surface area (Å²) in [6, 6.07) is 1.73. The summed E-state index contributed by atoms with van der Waals surface area (Å²) in [6.07, 6.45) is 22.9. The molecule has 0 aromatic carbocycles. The Morgan fingerprint density at radius 2 is 1.41 bits per heavy atom. The molecule has 2 aliphatic rings. The number of rotatable bonds is 4. The molecule has 2 aromatic heterocycles. The van der Waals surface area contributed by atoms with E-state index in [1.807, 2.05) is 0 Å². The molecule has 2 aromatic rings. The minimum absolute atomic E-state index is 0.0670. The van der Waals surface area contributed by atoms with E-state index in [1.165, 1.54) is 69.0 Å². The van der Waals surface area contributed by atoms with Gasteiger partial charge in [-0.15, -0.1) is 4.80 Å². The smallest absolute Gasteiger partial charge is 0.227 e. The van der Waals surface area contributed by atoms with Crippen molar-refractivity contribution >= 4 is 23.2 Å². The summed E-state index contributed by atoms with van der Waals surface area (Å²) in [5.41, 5.74) is 0.628. The Morgan fingerprint density at radius 3 is 2.09 bits per heavy atom. The molecule has 1 amide bonds. The minimum Gasteiger partial charge on any atom is -0.324 e. The Balaban J connectivity index is 1.32. The highest BCUT2D eigenvalue weighted by Gasteiger charge is 2.26. The highest BCUT2D eigenvalue weighted by molar-refractivity contribution is 6.32. The van der Waals surface area contributed by atoms with Gasteiger partial charge in [0.05, 0.1) is 29.3 Å². The van der Waals surface area contributed by atoms with Gasteiger partial charge in [0.15, 0.2) is 5.82 Å². The van der Waals surface area contributed by atoms with Crippen LogP contribution < -0.4 is 5.32 Å². The third-order valence-corrected chi connectivity index (χ3v) is 7.67. The van der Waals surface area contributed by atoms with E-state index in [9.17, 15) is 4.79 Å². The largest absolute Gasteiger partial charge is 0.324 e. The second-order valence-corrected chi connectivity index (χ2v) is 10.0. The molecule has 0 bridgehead atoms. The molecule has 0 spiro atoms. The first-order valence-electron chi connectivity index (χ1n) is 12.5. The predicted octanol–water partition coefficient (Wildman–Crippen LogP) is 6.59. The first kappa shape index (κ1) is 23.2. The van der Waals surface area contributed by atoms with E-state index >= 15 is 0 Å². The molecule has 4 rings (SSSR count). The van der Waals surface area contributed by atoms with Crippen LogP contribution in [0.25, 0.3) is 5.82 Å². The summed E-state index contributed by atoms with van der Waals surface area (Å²) in [7, 11) is 0. The predicted molar refractivity (Wildman–Crippen MR) is 128 cm³/mol. The highest BCUT2D eigenvalue weighted by Crippen LogP contribution is 2.36. The van der Waals surface area contributed by atoms with Crippen molar-refractivity contribution in [2.75, 3.05) is 5.32 Å². The van der Waals surface area contributed by atoms with Gasteiger partial charge in [0.2, 0.25) is 5.91 Å². The van der Waals surface area contributed by atoms with Gasteiger partial charge in [-0.25, -0.2) is 4.98 Å². The molecule has 2 unspecified atom stereocenters. The quantitative estimate of drug-likeness (QED) is 0.561. The molecule has 0 saturated heterocycles. The number of nitrogens with zero attached hydrogens (tertiary/aromatic N) is 4. The summed E-state index contributed by atoms with van der Waals surface area (Å²) < 4.78 is 0. The molecule has 2 heterocycles. The fourth-order valence-corrected chi connectivity index (χ4v) is 5.86. The van der Waals surface area contributed by atoms with E-state index in [0.717, 1.165) is 37.5 Å². The first-order valence-corrected chi connectivity index (χ1v) is 12.9. The van der Waals surface area contributed by atoms with Crippen LogP contribution in [-0.2, 0) is 4.79 Å². The van der Waals surface area contributed by atoms with E-state index in [0.29, 0.717) is 16.5 Å². The van der Waals surface area contributed by atoms with E-state index in [-0.39, 0.29) is 11.8 Å². The monoisotopic (exact) mass is 457 g/mol. The third-order valence-electron chi connectivity index (χ3n) is 7.39. The lowest BCUT2D eigenvalue weighted by Crippen LogP contribution is -2.23. The van der Waals surface area contributed by atoms with Gasteiger partial charge >= 0.3 is 0 Å². The minimum atomic E-state index is 0.0670. The SMILES string of the molecule is O=C(Nc1cnc(-n2nccn2)c(Cl)c1)C1CCCCC(C2CCCCCCC2)CCC1. The van der Waals surface area contributed by atoms with Gasteiger partial charge in [0, 0.05) is 5.92 Å². The molecule has 174 valence electrons. The van der Waals surface area contributed by atoms with Crippen LogP contribution in [0.15, 0.2) is 24.7 Å². The number of nitrogens with one attached hydrogen (secondary N) is 1. The fraction of sp³-hybridized carbons (Fsp3) is 0.680. The van der Waals surface area contributed by atoms with Crippen molar-refractivity contribution in [2.24, 2.45) is 17.8 Å². The van der Waals surface area contributed by atoms with Crippen LogP contribution in [0.5, 0.6) is 0 Å². The van der Waals surface area contributed by atoms with Gasteiger partial charge in [0.1, 0.15) is 0 Å². The maximum Gasteiger partial charge on any atom is 0.227 e. The number of aromatic nitrogens is 4. The van der Waals surface area contributed by atoms with E-state index in [2.05, 4.69) is 20.5 Å². The Morgan fingerprint density at radius 1 is 0.844 bits per heavy atom. The molecular formula is C25H36ClN5O. The molecular weight excluding hydrogens is 422 g/mol. The molecule has 0 aliphatic heterocycles. The standard InChI is InChI=1S/C25H36ClN5O/c26-23-17-22(18-27-24(23)31-28-15-16-29-31)30-25(32)21-12-7-6-11-20(13-8-14-21)19-9-4-2-1-3-5-10-19/h15-21H,1-14H2,(H,30,32). The average Bonchev–Trinajstić information content (AvgIpc) is 3.31. The van der Waals surface area contributed by atoms with Crippen LogP contribution in [-0.4, -0.2) is 25.9 Å². The summed E-state index contributed by atoms with van der Waals surface area (Å²) in [6.45, 7) is 0. The van der Waals surface area contributed by atoms with Crippen molar-refractivity contribution in [3.63, 3.8) is 0 Å². The Labute approximate surface area is 196 Å². The van der Waals surface area contributed by atoms with Crippen LogP contribution in [0.2, 0.25) is 5.02 Å². The van der Waals surface area contributed by atoms with E-state index < -0.39 is 0 Å². The molecule has 2 aliphatic carbocycles. The lowest BCUT2D eigenvalue weighted by molar-refractivity contribution is -0.120. The van der Waals surface area contributed by atoms with Crippen molar-refractivity contribution in [3.8, 4) is 5.82 Å². The zero-order valence-electron chi connectivity index (χ0n) is 19.0. The number of carbonyl (C=O) groups excluding carboxylic acids is 1. The van der Waals surface area contributed by atoms with Crippen LogP contribution in [0, 0.1) is 17.8 Å². The number of halogens is 1. The Hall–Kier alpha value is -1.95. The van der Waals surface area contributed by atoms with Crippen molar-refractivity contribution < 1.29 is 4.79 Å². The van der Waals surface area contributed by atoms with Gasteiger partial charge in [-0.3, -0.25) is 4.79 Å². The van der Waals surface area contributed by atoms with Gasteiger partial charge < -0.3 is 5.32 Å². The topological polar surface area (TPSA) is 72.7 Å². The normalized spacial score (nSPS) is 23.9. The van der Waals surface area contributed by atoms with Crippen LogP contribution in [0.4, 0.5) is 5.69 Å². The van der Waals surface area contributed by atoms with Crippen LogP contribution in [0.1, 0.15) is 89.9 Å². The van der Waals surface area contributed by atoms with Gasteiger partial charge in [-0.1, -0.05) is 88.7 Å².